The van der Waals surface area contributed by atoms with Crippen LogP contribution in [0.5, 0.6) is 0 Å². The first-order valence-corrected chi connectivity index (χ1v) is 8.94. The molecule has 2 aliphatic rings. The Bertz CT molecular complexity index is 663. The van der Waals surface area contributed by atoms with Gasteiger partial charge in [-0.3, -0.25) is 4.90 Å². The molecule has 3 heterocycles. The number of halogens is 1. The molecule has 5 heteroatoms. The number of nitrogens with one attached hydrogen (secondary N) is 2. The highest BCUT2D eigenvalue weighted by Gasteiger charge is 2.24. The monoisotopic (exact) mass is 363 g/mol. The molecule has 1 atom stereocenters. The molecule has 2 N–H and O–H groups in total. The van der Waals surface area contributed by atoms with Gasteiger partial charge < -0.3 is 15.0 Å². The van der Waals surface area contributed by atoms with Gasteiger partial charge in [0.15, 0.2) is 0 Å². The largest absolute Gasteiger partial charge is 0.379 e. The van der Waals surface area contributed by atoms with Crippen LogP contribution in [0.3, 0.4) is 0 Å². The van der Waals surface area contributed by atoms with E-state index in [1.54, 1.807) is 0 Å². The van der Waals surface area contributed by atoms with Gasteiger partial charge in [-0.1, -0.05) is 22.0 Å². The van der Waals surface area contributed by atoms with Gasteiger partial charge in [-0.2, -0.15) is 0 Å². The van der Waals surface area contributed by atoms with Crippen molar-refractivity contribution in [3.63, 3.8) is 0 Å². The van der Waals surface area contributed by atoms with E-state index in [2.05, 4.69) is 49.3 Å². The second-order valence-electron chi connectivity index (χ2n) is 6.21. The first kappa shape index (κ1) is 14.7. The average Bonchev–Trinajstić information content (AvgIpc) is 2.92. The minimum atomic E-state index is 0.442. The van der Waals surface area contributed by atoms with E-state index in [0.29, 0.717) is 6.04 Å². The van der Waals surface area contributed by atoms with Crippen LogP contribution in [0.4, 0.5) is 0 Å². The lowest BCUT2D eigenvalue weighted by Crippen LogP contribution is -2.39. The highest BCUT2D eigenvalue weighted by atomic mass is 79.9. The molecule has 1 aromatic heterocycles. The first-order chi connectivity index (χ1) is 10.8. The van der Waals surface area contributed by atoms with Gasteiger partial charge in [-0.15, -0.1) is 0 Å². The number of rotatable bonds is 3. The topological polar surface area (TPSA) is 40.3 Å². The summed E-state index contributed by atoms with van der Waals surface area (Å²) in [6, 6.07) is 7.00. The van der Waals surface area contributed by atoms with Gasteiger partial charge >= 0.3 is 0 Å². The summed E-state index contributed by atoms with van der Waals surface area (Å²) < 4.78 is 6.57. The fourth-order valence-corrected chi connectivity index (χ4v) is 4.03. The van der Waals surface area contributed by atoms with E-state index < -0.39 is 0 Å². The molecule has 4 rings (SSSR count). The van der Waals surface area contributed by atoms with Crippen LogP contribution in [0, 0.1) is 0 Å². The van der Waals surface area contributed by atoms with Gasteiger partial charge in [0.1, 0.15) is 0 Å². The maximum atomic E-state index is 5.43. The van der Waals surface area contributed by atoms with E-state index in [-0.39, 0.29) is 0 Å². The van der Waals surface area contributed by atoms with E-state index in [1.807, 2.05) is 0 Å². The molecule has 0 amide bonds. The number of fused-ring (bicyclic) bond motifs is 3. The van der Waals surface area contributed by atoms with Gasteiger partial charge in [0.05, 0.1) is 13.2 Å². The molecule has 118 valence electrons. The summed E-state index contributed by atoms with van der Waals surface area (Å²) in [5.41, 5.74) is 4.15. The Morgan fingerprint density at radius 2 is 2.14 bits per heavy atom. The van der Waals surface area contributed by atoms with Crippen LogP contribution < -0.4 is 5.32 Å². The predicted molar refractivity (Wildman–Crippen MR) is 92.3 cm³/mol. The second-order valence-corrected chi connectivity index (χ2v) is 7.12. The van der Waals surface area contributed by atoms with Crippen LogP contribution in [0.15, 0.2) is 22.7 Å². The molecule has 0 bridgehead atoms. The van der Waals surface area contributed by atoms with Crippen molar-refractivity contribution in [1.29, 1.82) is 0 Å². The van der Waals surface area contributed by atoms with Gasteiger partial charge in [-0.25, -0.2) is 0 Å². The molecule has 2 aliphatic heterocycles. The van der Waals surface area contributed by atoms with Crippen LogP contribution in [0.25, 0.3) is 10.9 Å². The molecule has 0 aliphatic carbocycles. The fourth-order valence-electron chi connectivity index (χ4n) is 3.67. The normalized spacial score (nSPS) is 22.9. The third kappa shape index (κ3) is 2.83. The lowest BCUT2D eigenvalue weighted by Gasteiger charge is -2.30. The van der Waals surface area contributed by atoms with E-state index >= 15 is 0 Å². The van der Waals surface area contributed by atoms with Crippen LogP contribution >= 0.6 is 15.9 Å². The van der Waals surface area contributed by atoms with Crippen molar-refractivity contribution in [1.82, 2.24) is 15.2 Å². The molecule has 4 nitrogen and oxygen atoms in total. The summed E-state index contributed by atoms with van der Waals surface area (Å²) in [6.45, 7) is 6.11. The molecular formula is C17H22BrN3O. The Morgan fingerprint density at radius 1 is 1.27 bits per heavy atom. The second kappa shape index (κ2) is 6.32. The summed E-state index contributed by atoms with van der Waals surface area (Å²) in [6.07, 6.45) is 2.27. The van der Waals surface area contributed by atoms with Gasteiger partial charge in [0.25, 0.3) is 0 Å². The molecule has 0 spiro atoms. The number of morpholine rings is 1. The van der Waals surface area contributed by atoms with Crippen molar-refractivity contribution < 1.29 is 4.74 Å². The quantitative estimate of drug-likeness (QED) is 0.880. The Balaban J connectivity index is 1.54. The van der Waals surface area contributed by atoms with Gasteiger partial charge in [0, 0.05) is 46.7 Å². The van der Waals surface area contributed by atoms with Crippen molar-refractivity contribution in [3.8, 4) is 0 Å². The Labute approximate surface area is 139 Å². The van der Waals surface area contributed by atoms with Crippen molar-refractivity contribution in [2.45, 2.75) is 18.9 Å². The number of aromatic nitrogens is 1. The number of hydrogen-bond acceptors (Lipinski definition) is 3. The number of nitrogens with zero attached hydrogens (tertiary/aromatic N) is 1. The lowest BCUT2D eigenvalue weighted by molar-refractivity contribution is 0.0360. The van der Waals surface area contributed by atoms with Crippen LogP contribution in [-0.4, -0.2) is 49.3 Å². The summed E-state index contributed by atoms with van der Waals surface area (Å²) in [5, 5.41) is 5.07. The zero-order valence-corrected chi connectivity index (χ0v) is 14.3. The van der Waals surface area contributed by atoms with E-state index in [1.165, 1.54) is 22.2 Å². The summed E-state index contributed by atoms with van der Waals surface area (Å²) in [4.78, 5) is 6.17. The molecule has 1 saturated heterocycles. The van der Waals surface area contributed by atoms with Crippen molar-refractivity contribution in [3.05, 3.63) is 33.9 Å². The van der Waals surface area contributed by atoms with Crippen LogP contribution in [-0.2, 0) is 11.2 Å². The Hall–Kier alpha value is -0.880. The minimum absolute atomic E-state index is 0.442. The maximum absolute atomic E-state index is 5.43. The zero-order valence-electron chi connectivity index (χ0n) is 12.7. The summed E-state index contributed by atoms with van der Waals surface area (Å²) in [5.74, 6) is 0. The molecule has 1 aromatic carbocycles. The van der Waals surface area contributed by atoms with Crippen molar-refractivity contribution in [2.24, 2.45) is 0 Å². The molecule has 0 radical (unpaired) electrons. The predicted octanol–water partition coefficient (Wildman–Crippen LogP) is 2.84. The van der Waals surface area contributed by atoms with E-state index in [0.717, 1.165) is 56.7 Å². The fraction of sp³-hybridized carbons (Fsp3) is 0.529. The Morgan fingerprint density at radius 3 is 3.00 bits per heavy atom. The molecule has 0 saturated carbocycles. The molecule has 22 heavy (non-hydrogen) atoms. The lowest BCUT2D eigenvalue weighted by atomic mass is 9.97. The SMILES string of the molecule is Brc1ccc2c3c([nH]c2c1)[C@H](CCN1CCOCC1)NCC3. The third-order valence-corrected chi connectivity index (χ3v) is 5.35. The molecule has 2 aromatic rings. The summed E-state index contributed by atoms with van der Waals surface area (Å²) in [7, 11) is 0. The van der Waals surface area contributed by atoms with Crippen molar-refractivity contribution in [2.75, 3.05) is 39.4 Å². The number of H-pyrrole nitrogens is 1. The smallest absolute Gasteiger partial charge is 0.0594 e. The zero-order chi connectivity index (χ0) is 14.9. The highest BCUT2D eigenvalue weighted by molar-refractivity contribution is 9.10. The summed E-state index contributed by atoms with van der Waals surface area (Å²) >= 11 is 3.57. The van der Waals surface area contributed by atoms with E-state index in [9.17, 15) is 0 Å². The van der Waals surface area contributed by atoms with Crippen LogP contribution in [0.2, 0.25) is 0 Å². The number of ether oxygens (including phenoxy) is 1. The van der Waals surface area contributed by atoms with E-state index in [4.69, 9.17) is 4.74 Å². The third-order valence-electron chi connectivity index (χ3n) is 4.85. The first-order valence-electron chi connectivity index (χ1n) is 8.15. The Kier molecular flexibility index (Phi) is 4.22. The molecule has 0 unspecified atom stereocenters. The minimum Gasteiger partial charge on any atom is -0.379 e. The molecule has 1 fully saturated rings. The number of benzene rings is 1. The standard InChI is InChI=1S/C17H22BrN3O/c18-12-1-2-13-14-3-5-19-15(17(14)20-16(13)11-12)4-6-21-7-9-22-10-8-21/h1-2,11,15,19-20H,3-10H2/t15-/m0/s1. The highest BCUT2D eigenvalue weighted by Crippen LogP contribution is 2.32. The van der Waals surface area contributed by atoms with Crippen LogP contribution in [0.1, 0.15) is 23.7 Å². The number of aromatic amines is 1. The maximum Gasteiger partial charge on any atom is 0.0594 e. The van der Waals surface area contributed by atoms with Crippen molar-refractivity contribution >= 4 is 26.8 Å². The van der Waals surface area contributed by atoms with Gasteiger partial charge in [-0.05, 0) is 37.1 Å². The van der Waals surface area contributed by atoms with Gasteiger partial charge in [0.2, 0.25) is 0 Å². The molecular weight excluding hydrogens is 342 g/mol. The average molecular weight is 364 g/mol. The number of hydrogen-bond donors (Lipinski definition) is 2.